The number of nitrogens with one attached hydrogen (secondary N) is 1. The minimum Gasteiger partial charge on any atom is -0.496 e. The van der Waals surface area contributed by atoms with Gasteiger partial charge in [0.2, 0.25) is 0 Å². The van der Waals surface area contributed by atoms with Crippen molar-refractivity contribution in [2.75, 3.05) is 19.0 Å². The molecule has 0 saturated heterocycles. The lowest BCUT2D eigenvalue weighted by molar-refractivity contribution is 0.199. The summed E-state index contributed by atoms with van der Waals surface area (Å²) in [5.41, 5.74) is 0.876. The van der Waals surface area contributed by atoms with Crippen LogP contribution in [0.5, 0.6) is 11.5 Å². The molecule has 1 heterocycles. The highest BCUT2D eigenvalue weighted by Crippen LogP contribution is 2.40. The topological polar surface area (TPSA) is 30.5 Å². The van der Waals surface area contributed by atoms with E-state index in [1.165, 1.54) is 25.3 Å². The van der Waals surface area contributed by atoms with Gasteiger partial charge in [0.05, 0.1) is 29.9 Å². The monoisotopic (exact) mass is 311 g/mol. The molecule has 3 rings (SSSR count). The maximum Gasteiger partial charge on any atom is 0.147 e. The van der Waals surface area contributed by atoms with Crippen molar-refractivity contribution in [1.82, 2.24) is 0 Å². The number of hydrogen-bond donors (Lipinski definition) is 1. The minimum absolute atomic E-state index is 0.00627. The molecule has 2 aromatic rings. The summed E-state index contributed by atoms with van der Waals surface area (Å²) in [6.07, 6.45) is -0.616. The van der Waals surface area contributed by atoms with Crippen LogP contribution in [0.25, 0.3) is 0 Å². The second-order valence-corrected chi connectivity index (χ2v) is 5.01. The molecular weight excluding hydrogens is 300 g/mol. The Morgan fingerprint density at radius 3 is 2.86 bits per heavy atom. The van der Waals surface area contributed by atoms with Gasteiger partial charge in [0, 0.05) is 6.07 Å². The molecule has 1 aliphatic heterocycles. The summed E-state index contributed by atoms with van der Waals surface area (Å²) in [5, 5.41) is 3.07. The fourth-order valence-corrected chi connectivity index (χ4v) is 2.49. The molecule has 0 bridgehead atoms. The van der Waals surface area contributed by atoms with E-state index in [9.17, 15) is 8.78 Å². The van der Waals surface area contributed by atoms with Crippen LogP contribution >= 0.6 is 11.6 Å². The lowest BCUT2D eigenvalue weighted by Crippen LogP contribution is -2.25. The van der Waals surface area contributed by atoms with Crippen LogP contribution in [-0.4, -0.2) is 13.7 Å². The van der Waals surface area contributed by atoms with E-state index in [4.69, 9.17) is 21.1 Å². The zero-order chi connectivity index (χ0) is 15.0. The lowest BCUT2D eigenvalue weighted by atomic mass is 10.1. The van der Waals surface area contributed by atoms with E-state index in [1.807, 2.05) is 0 Å². The number of halogens is 3. The van der Waals surface area contributed by atoms with Crippen molar-refractivity contribution >= 4 is 17.3 Å². The third-order valence-electron chi connectivity index (χ3n) is 3.32. The van der Waals surface area contributed by atoms with Crippen LogP contribution in [0.4, 0.5) is 14.5 Å². The van der Waals surface area contributed by atoms with Crippen molar-refractivity contribution in [2.24, 2.45) is 0 Å². The second-order valence-electron chi connectivity index (χ2n) is 4.61. The highest BCUT2D eigenvalue weighted by Gasteiger charge is 2.27. The summed E-state index contributed by atoms with van der Waals surface area (Å²) in [6, 6.07) is 7.17. The second kappa shape index (κ2) is 5.41. The largest absolute Gasteiger partial charge is 0.496 e. The smallest absolute Gasteiger partial charge is 0.147 e. The number of hydrogen-bond acceptors (Lipinski definition) is 3. The molecule has 1 unspecified atom stereocenters. The van der Waals surface area contributed by atoms with Crippen molar-refractivity contribution in [3.63, 3.8) is 0 Å². The summed E-state index contributed by atoms with van der Waals surface area (Å²) < 4.78 is 38.4. The predicted octanol–water partition coefficient (Wildman–Crippen LogP) is 4.17. The fraction of sp³-hybridized carbons (Fsp3) is 0.200. The summed E-state index contributed by atoms with van der Waals surface area (Å²) in [7, 11) is 1.46. The Bertz CT molecular complexity index is 694. The molecule has 0 radical (unpaired) electrons. The van der Waals surface area contributed by atoms with Crippen molar-refractivity contribution in [2.45, 2.75) is 6.10 Å². The maximum absolute atomic E-state index is 14.1. The zero-order valence-corrected chi connectivity index (χ0v) is 11.9. The molecule has 1 N–H and O–H groups in total. The van der Waals surface area contributed by atoms with Crippen LogP contribution in [-0.2, 0) is 0 Å². The van der Waals surface area contributed by atoms with Gasteiger partial charge in [-0.2, -0.15) is 0 Å². The van der Waals surface area contributed by atoms with Crippen LogP contribution in [0.3, 0.4) is 0 Å². The summed E-state index contributed by atoms with van der Waals surface area (Å²) in [4.78, 5) is 0. The molecule has 0 amide bonds. The Balaban J connectivity index is 1.98. The first-order valence-electron chi connectivity index (χ1n) is 6.32. The predicted molar refractivity (Wildman–Crippen MR) is 76.2 cm³/mol. The van der Waals surface area contributed by atoms with E-state index in [0.29, 0.717) is 29.3 Å². The Hall–Kier alpha value is -2.01. The first-order chi connectivity index (χ1) is 10.1. The van der Waals surface area contributed by atoms with Gasteiger partial charge in [-0.3, -0.25) is 0 Å². The maximum atomic E-state index is 14.1. The van der Waals surface area contributed by atoms with Crippen molar-refractivity contribution in [3.8, 4) is 11.5 Å². The standard InChI is InChI=1S/C15H12ClF2NO2/c1-20-12-4-2-3-9(17)15(12)14-7-19-11-5-8(16)10(18)6-13(11)21-14/h2-6,14,19H,7H2,1H3. The molecule has 2 aromatic carbocycles. The quantitative estimate of drug-likeness (QED) is 0.903. The Morgan fingerprint density at radius 1 is 1.29 bits per heavy atom. The molecule has 0 aliphatic carbocycles. The van der Waals surface area contributed by atoms with Gasteiger partial charge in [-0.1, -0.05) is 17.7 Å². The van der Waals surface area contributed by atoms with Crippen LogP contribution in [0.2, 0.25) is 5.02 Å². The number of fused-ring (bicyclic) bond motifs is 1. The molecule has 21 heavy (non-hydrogen) atoms. The molecule has 1 aliphatic rings. The summed E-state index contributed by atoms with van der Waals surface area (Å²) >= 11 is 5.72. The van der Waals surface area contributed by atoms with Crippen molar-refractivity contribution in [3.05, 3.63) is 52.6 Å². The third-order valence-corrected chi connectivity index (χ3v) is 3.61. The van der Waals surface area contributed by atoms with Gasteiger partial charge in [-0.15, -0.1) is 0 Å². The van der Waals surface area contributed by atoms with Crippen molar-refractivity contribution < 1.29 is 18.3 Å². The molecule has 0 spiro atoms. The van der Waals surface area contributed by atoms with Crippen molar-refractivity contribution in [1.29, 1.82) is 0 Å². The minimum atomic E-state index is -0.616. The molecule has 0 fully saturated rings. The number of anilines is 1. The average Bonchev–Trinajstić information content (AvgIpc) is 2.48. The van der Waals surface area contributed by atoms with Gasteiger partial charge >= 0.3 is 0 Å². The fourth-order valence-electron chi connectivity index (χ4n) is 2.33. The van der Waals surface area contributed by atoms with E-state index < -0.39 is 17.7 Å². The van der Waals surface area contributed by atoms with Gasteiger partial charge in [0.15, 0.2) is 0 Å². The van der Waals surface area contributed by atoms with Crippen LogP contribution < -0.4 is 14.8 Å². The highest BCUT2D eigenvalue weighted by molar-refractivity contribution is 6.31. The van der Waals surface area contributed by atoms with Crippen LogP contribution in [0.15, 0.2) is 30.3 Å². The molecule has 6 heteroatoms. The van der Waals surface area contributed by atoms with Gasteiger partial charge in [-0.05, 0) is 18.2 Å². The molecular formula is C15H12ClF2NO2. The normalized spacial score (nSPS) is 16.7. The van der Waals surface area contributed by atoms with Crippen LogP contribution in [0, 0.1) is 11.6 Å². The third kappa shape index (κ3) is 2.49. The highest BCUT2D eigenvalue weighted by atomic mass is 35.5. The zero-order valence-electron chi connectivity index (χ0n) is 11.1. The Labute approximate surface area is 125 Å². The van der Waals surface area contributed by atoms with Gasteiger partial charge in [0.25, 0.3) is 0 Å². The van der Waals surface area contributed by atoms with Crippen LogP contribution in [0.1, 0.15) is 11.7 Å². The Kier molecular flexibility index (Phi) is 3.59. The van der Waals surface area contributed by atoms with Gasteiger partial charge in [0.1, 0.15) is 29.2 Å². The molecule has 1 atom stereocenters. The van der Waals surface area contributed by atoms with E-state index >= 15 is 0 Å². The molecule has 0 aromatic heterocycles. The van der Waals surface area contributed by atoms with E-state index in [1.54, 1.807) is 12.1 Å². The number of ether oxygens (including phenoxy) is 2. The number of rotatable bonds is 2. The molecule has 110 valence electrons. The van der Waals surface area contributed by atoms with Gasteiger partial charge in [-0.25, -0.2) is 8.78 Å². The molecule has 3 nitrogen and oxygen atoms in total. The summed E-state index contributed by atoms with van der Waals surface area (Å²) in [5.74, 6) is -0.337. The first kappa shape index (κ1) is 13.9. The number of methoxy groups -OCH3 is 1. The van der Waals surface area contributed by atoms with E-state index in [0.717, 1.165) is 0 Å². The number of benzene rings is 2. The Morgan fingerprint density at radius 2 is 2.10 bits per heavy atom. The molecule has 0 saturated carbocycles. The van der Waals surface area contributed by atoms with E-state index in [2.05, 4.69) is 5.32 Å². The van der Waals surface area contributed by atoms with Gasteiger partial charge < -0.3 is 14.8 Å². The first-order valence-corrected chi connectivity index (χ1v) is 6.70. The SMILES string of the molecule is COc1cccc(F)c1C1CNc2cc(Cl)c(F)cc2O1. The summed E-state index contributed by atoms with van der Waals surface area (Å²) in [6.45, 7) is 0.326. The average molecular weight is 312 g/mol. The van der Waals surface area contributed by atoms with E-state index in [-0.39, 0.29) is 5.02 Å². The lowest BCUT2D eigenvalue weighted by Gasteiger charge is -2.29.